The van der Waals surface area contributed by atoms with Crippen LogP contribution in [0.4, 0.5) is 4.79 Å². The van der Waals surface area contributed by atoms with Gasteiger partial charge in [0.2, 0.25) is 0 Å². The van der Waals surface area contributed by atoms with Crippen molar-refractivity contribution in [3.63, 3.8) is 0 Å². The van der Waals surface area contributed by atoms with E-state index in [-0.39, 0.29) is 17.4 Å². The summed E-state index contributed by atoms with van der Waals surface area (Å²) in [6.45, 7) is 11.1. The summed E-state index contributed by atoms with van der Waals surface area (Å²) in [6, 6.07) is 7.82. The maximum Gasteiger partial charge on any atom is 0.317 e. The van der Waals surface area contributed by atoms with Crippen LogP contribution in [0.15, 0.2) is 24.3 Å². The maximum atomic E-state index is 13.0. The fraction of sp³-hybridized carbons (Fsp3) is 0.500. The second-order valence-corrected chi connectivity index (χ2v) is 8.17. The highest BCUT2D eigenvalue weighted by Gasteiger charge is 2.27. The van der Waals surface area contributed by atoms with Gasteiger partial charge in [-0.3, -0.25) is 4.79 Å². The van der Waals surface area contributed by atoms with Gasteiger partial charge in [-0.1, -0.05) is 39.0 Å². The Morgan fingerprint density at radius 1 is 1.08 bits per heavy atom. The molecule has 6 heteroatoms. The van der Waals surface area contributed by atoms with Crippen LogP contribution in [-0.4, -0.2) is 59.4 Å². The highest BCUT2D eigenvalue weighted by molar-refractivity contribution is 6.08. The molecule has 3 rings (SSSR count). The molecular weight excluding hydrogens is 328 g/mol. The molecule has 0 unspecified atom stereocenters. The van der Waals surface area contributed by atoms with Crippen molar-refractivity contribution in [1.82, 2.24) is 20.1 Å². The average Bonchev–Trinajstić information content (AvgIpc) is 2.94. The third-order valence-corrected chi connectivity index (χ3v) is 4.73. The summed E-state index contributed by atoms with van der Waals surface area (Å²) in [7, 11) is 0. The number of piperazine rings is 1. The number of nitrogens with zero attached hydrogens (tertiary/aromatic N) is 2. The number of H-pyrrole nitrogens is 1. The predicted molar refractivity (Wildman–Crippen MR) is 103 cm³/mol. The zero-order chi connectivity index (χ0) is 18.9. The first-order chi connectivity index (χ1) is 12.3. The first kappa shape index (κ1) is 18.3. The lowest BCUT2D eigenvalue weighted by molar-refractivity contribution is 0.0665. The molecule has 0 spiro atoms. The molecule has 0 bridgehead atoms. The number of rotatable bonds is 2. The first-order valence-corrected chi connectivity index (χ1v) is 9.15. The van der Waals surface area contributed by atoms with Crippen LogP contribution in [0, 0.1) is 12.3 Å². The van der Waals surface area contributed by atoms with Gasteiger partial charge in [0, 0.05) is 49.3 Å². The van der Waals surface area contributed by atoms with E-state index in [1.165, 1.54) is 0 Å². The molecule has 1 saturated heterocycles. The molecule has 0 aliphatic carbocycles. The van der Waals surface area contributed by atoms with Gasteiger partial charge in [0.25, 0.3) is 5.91 Å². The maximum absolute atomic E-state index is 13.0. The van der Waals surface area contributed by atoms with Crippen molar-refractivity contribution in [3.8, 4) is 0 Å². The standard InChI is InChI=1S/C20H28N4O2/c1-14-17(15-7-5-6-8-16(15)22-14)18(25)23-9-11-24(12-10-23)19(26)21-13-20(2,3)4/h5-8,22H,9-13H2,1-4H3,(H,21,26). The lowest BCUT2D eigenvalue weighted by atomic mass is 9.97. The van der Waals surface area contributed by atoms with Crippen molar-refractivity contribution in [1.29, 1.82) is 0 Å². The molecule has 26 heavy (non-hydrogen) atoms. The number of nitrogens with one attached hydrogen (secondary N) is 2. The number of carbonyl (C=O) groups excluding carboxylic acids is 2. The van der Waals surface area contributed by atoms with Crippen LogP contribution in [0.3, 0.4) is 0 Å². The Morgan fingerprint density at radius 2 is 1.69 bits per heavy atom. The second kappa shape index (κ2) is 7.02. The fourth-order valence-electron chi connectivity index (χ4n) is 3.28. The summed E-state index contributed by atoms with van der Waals surface area (Å²) < 4.78 is 0. The Hall–Kier alpha value is -2.50. The third kappa shape index (κ3) is 3.84. The Morgan fingerprint density at radius 3 is 2.35 bits per heavy atom. The number of para-hydroxylation sites is 1. The summed E-state index contributed by atoms with van der Waals surface area (Å²) in [4.78, 5) is 32.2. The summed E-state index contributed by atoms with van der Waals surface area (Å²) in [5.74, 6) is 0.0368. The summed E-state index contributed by atoms with van der Waals surface area (Å²) in [5, 5.41) is 3.93. The van der Waals surface area contributed by atoms with Crippen LogP contribution in [0.25, 0.3) is 10.9 Å². The summed E-state index contributed by atoms with van der Waals surface area (Å²) in [5.41, 5.74) is 2.67. The lowest BCUT2D eigenvalue weighted by Gasteiger charge is -2.35. The zero-order valence-electron chi connectivity index (χ0n) is 16.1. The smallest absolute Gasteiger partial charge is 0.317 e. The van der Waals surface area contributed by atoms with E-state index in [1.807, 2.05) is 36.1 Å². The SMILES string of the molecule is Cc1[nH]c2ccccc2c1C(=O)N1CCN(C(=O)NCC(C)(C)C)CC1. The van der Waals surface area contributed by atoms with Crippen LogP contribution in [0.2, 0.25) is 0 Å². The van der Waals surface area contributed by atoms with Gasteiger partial charge in [-0.15, -0.1) is 0 Å². The van der Waals surface area contributed by atoms with Gasteiger partial charge in [0.15, 0.2) is 0 Å². The number of aromatic amines is 1. The minimum Gasteiger partial charge on any atom is -0.358 e. The van der Waals surface area contributed by atoms with E-state index < -0.39 is 0 Å². The number of aryl methyl sites for hydroxylation is 1. The Kier molecular flexibility index (Phi) is 4.94. The Balaban J connectivity index is 1.63. The molecule has 0 atom stereocenters. The largest absolute Gasteiger partial charge is 0.358 e. The number of amides is 3. The molecule has 140 valence electrons. The van der Waals surface area contributed by atoms with Crippen LogP contribution in [-0.2, 0) is 0 Å². The van der Waals surface area contributed by atoms with Crippen LogP contribution < -0.4 is 5.32 Å². The van der Waals surface area contributed by atoms with Gasteiger partial charge in [0.1, 0.15) is 0 Å². The molecular formula is C20H28N4O2. The Bertz CT molecular complexity index is 811. The molecule has 2 N–H and O–H groups in total. The molecule has 2 aromatic rings. The van der Waals surface area contributed by atoms with Crippen molar-refractivity contribution < 1.29 is 9.59 Å². The molecule has 1 aromatic heterocycles. The molecule has 2 heterocycles. The molecule has 1 aliphatic heterocycles. The molecule has 3 amide bonds. The topological polar surface area (TPSA) is 68.4 Å². The van der Waals surface area contributed by atoms with Gasteiger partial charge in [-0.25, -0.2) is 4.79 Å². The van der Waals surface area contributed by atoms with E-state index in [0.29, 0.717) is 32.7 Å². The number of hydrogen-bond donors (Lipinski definition) is 2. The number of fused-ring (bicyclic) bond motifs is 1. The monoisotopic (exact) mass is 356 g/mol. The van der Waals surface area contributed by atoms with Gasteiger partial charge in [-0.2, -0.15) is 0 Å². The highest BCUT2D eigenvalue weighted by Crippen LogP contribution is 2.24. The second-order valence-electron chi connectivity index (χ2n) is 8.17. The van der Waals surface area contributed by atoms with E-state index in [9.17, 15) is 9.59 Å². The molecule has 6 nitrogen and oxygen atoms in total. The molecule has 1 fully saturated rings. The van der Waals surface area contributed by atoms with E-state index >= 15 is 0 Å². The quantitative estimate of drug-likeness (QED) is 0.868. The van der Waals surface area contributed by atoms with E-state index in [0.717, 1.165) is 22.2 Å². The molecule has 1 aromatic carbocycles. The zero-order valence-corrected chi connectivity index (χ0v) is 16.1. The number of urea groups is 1. The van der Waals surface area contributed by atoms with Gasteiger partial charge in [0.05, 0.1) is 5.56 Å². The number of benzene rings is 1. The van der Waals surface area contributed by atoms with Crippen molar-refractivity contribution in [2.45, 2.75) is 27.7 Å². The van der Waals surface area contributed by atoms with Gasteiger partial charge < -0.3 is 20.1 Å². The predicted octanol–water partition coefficient (Wildman–Crippen LogP) is 2.99. The normalized spacial score (nSPS) is 15.4. The number of carbonyl (C=O) groups is 2. The van der Waals surface area contributed by atoms with E-state index in [1.54, 1.807) is 4.90 Å². The lowest BCUT2D eigenvalue weighted by Crippen LogP contribution is -2.53. The van der Waals surface area contributed by atoms with Gasteiger partial charge in [-0.05, 0) is 18.4 Å². The van der Waals surface area contributed by atoms with Crippen molar-refractivity contribution in [3.05, 3.63) is 35.5 Å². The average molecular weight is 356 g/mol. The molecule has 0 saturated carbocycles. The minimum absolute atomic E-state index is 0.0368. The summed E-state index contributed by atoms with van der Waals surface area (Å²) in [6.07, 6.45) is 0. The van der Waals surface area contributed by atoms with Crippen LogP contribution in [0.1, 0.15) is 36.8 Å². The summed E-state index contributed by atoms with van der Waals surface area (Å²) >= 11 is 0. The Labute approximate surface area is 154 Å². The minimum atomic E-state index is -0.0460. The number of hydrogen-bond acceptors (Lipinski definition) is 2. The van der Waals surface area contributed by atoms with Crippen molar-refractivity contribution in [2.75, 3.05) is 32.7 Å². The van der Waals surface area contributed by atoms with E-state index in [4.69, 9.17) is 0 Å². The van der Waals surface area contributed by atoms with Crippen LogP contribution >= 0.6 is 0 Å². The number of aromatic nitrogens is 1. The third-order valence-electron chi connectivity index (χ3n) is 4.73. The van der Waals surface area contributed by atoms with Crippen molar-refractivity contribution >= 4 is 22.8 Å². The molecule has 0 radical (unpaired) electrons. The first-order valence-electron chi connectivity index (χ1n) is 9.15. The van der Waals surface area contributed by atoms with Crippen molar-refractivity contribution in [2.24, 2.45) is 5.41 Å². The van der Waals surface area contributed by atoms with E-state index in [2.05, 4.69) is 31.1 Å². The van der Waals surface area contributed by atoms with Gasteiger partial charge >= 0.3 is 6.03 Å². The fourth-order valence-corrected chi connectivity index (χ4v) is 3.28. The molecule has 1 aliphatic rings. The highest BCUT2D eigenvalue weighted by atomic mass is 16.2. The van der Waals surface area contributed by atoms with Crippen LogP contribution in [0.5, 0.6) is 0 Å².